The Morgan fingerprint density at radius 1 is 1.43 bits per heavy atom. The molecule has 1 aliphatic carbocycles. The summed E-state index contributed by atoms with van der Waals surface area (Å²) in [4.78, 5) is 20.2. The van der Waals surface area contributed by atoms with Gasteiger partial charge in [-0.1, -0.05) is 12.1 Å². The van der Waals surface area contributed by atoms with Crippen LogP contribution in [0, 0.1) is 5.92 Å². The van der Waals surface area contributed by atoms with Gasteiger partial charge in [0.15, 0.2) is 0 Å². The molecule has 3 rings (SSSR count). The van der Waals surface area contributed by atoms with Crippen LogP contribution in [-0.2, 0) is 4.79 Å². The van der Waals surface area contributed by atoms with Crippen LogP contribution < -0.4 is 10.6 Å². The first-order valence-electron chi connectivity index (χ1n) is 8.20. The smallest absolute Gasteiger partial charge is 0.234 e. The minimum absolute atomic E-state index is 0.0391. The van der Waals surface area contributed by atoms with E-state index in [1.807, 2.05) is 24.3 Å². The fourth-order valence-electron chi connectivity index (χ4n) is 2.61. The van der Waals surface area contributed by atoms with Crippen molar-refractivity contribution < 1.29 is 4.79 Å². The van der Waals surface area contributed by atoms with E-state index < -0.39 is 0 Å². The summed E-state index contributed by atoms with van der Waals surface area (Å²) in [6.07, 6.45) is 5.54. The molecule has 1 fully saturated rings. The molecule has 0 aliphatic heterocycles. The number of amides is 1. The maximum atomic E-state index is 12.2. The number of fused-ring (bicyclic) bond motifs is 1. The Morgan fingerprint density at radius 2 is 2.26 bits per heavy atom. The van der Waals surface area contributed by atoms with Gasteiger partial charge in [-0.15, -0.1) is 0 Å². The van der Waals surface area contributed by atoms with Crippen LogP contribution in [0.25, 0.3) is 11.0 Å². The van der Waals surface area contributed by atoms with Crippen LogP contribution in [0.4, 0.5) is 0 Å². The fraction of sp³-hybridized carbons (Fsp3) is 0.529. The van der Waals surface area contributed by atoms with Gasteiger partial charge in [0, 0.05) is 0 Å². The van der Waals surface area contributed by atoms with Crippen molar-refractivity contribution in [2.75, 3.05) is 25.1 Å². The number of benzene rings is 1. The second-order valence-electron chi connectivity index (χ2n) is 6.12. The van der Waals surface area contributed by atoms with Gasteiger partial charge in [-0.25, -0.2) is 4.98 Å². The van der Waals surface area contributed by atoms with Crippen molar-refractivity contribution >= 4 is 28.7 Å². The average molecular weight is 332 g/mol. The van der Waals surface area contributed by atoms with Crippen LogP contribution >= 0.6 is 11.8 Å². The van der Waals surface area contributed by atoms with Crippen molar-refractivity contribution in [2.24, 2.45) is 5.92 Å². The summed E-state index contributed by atoms with van der Waals surface area (Å²) in [7, 11) is 0. The van der Waals surface area contributed by atoms with Gasteiger partial charge in [0.1, 0.15) is 5.82 Å². The first kappa shape index (κ1) is 16.3. The quantitative estimate of drug-likeness (QED) is 0.660. The lowest BCUT2D eigenvalue weighted by molar-refractivity contribution is -0.121. The standard InChI is InChI=1S/C17H24N4OS/c1-23-9-8-15(19-16(22)11-18-10-12-6-7-12)17-20-13-4-2-3-5-14(13)21-17/h2-5,12,15,18H,6-11H2,1H3,(H,19,22)(H,20,21). The number of aromatic amines is 1. The summed E-state index contributed by atoms with van der Waals surface area (Å²) >= 11 is 1.78. The largest absolute Gasteiger partial charge is 0.345 e. The summed E-state index contributed by atoms with van der Waals surface area (Å²) < 4.78 is 0. The fourth-order valence-corrected chi connectivity index (χ4v) is 3.08. The molecule has 0 radical (unpaired) electrons. The highest BCUT2D eigenvalue weighted by Crippen LogP contribution is 2.27. The van der Waals surface area contributed by atoms with Gasteiger partial charge >= 0.3 is 0 Å². The average Bonchev–Trinajstić information content (AvgIpc) is 3.27. The number of H-pyrrole nitrogens is 1. The molecule has 0 saturated heterocycles. The highest BCUT2D eigenvalue weighted by molar-refractivity contribution is 7.98. The van der Waals surface area contributed by atoms with Crippen molar-refractivity contribution in [2.45, 2.75) is 25.3 Å². The third kappa shape index (κ3) is 4.72. The number of thioether (sulfide) groups is 1. The number of hydrogen-bond acceptors (Lipinski definition) is 4. The Balaban J connectivity index is 1.62. The highest BCUT2D eigenvalue weighted by atomic mass is 32.2. The van der Waals surface area contributed by atoms with E-state index in [9.17, 15) is 4.79 Å². The second-order valence-corrected chi connectivity index (χ2v) is 7.10. The molecule has 5 nitrogen and oxygen atoms in total. The molecule has 1 atom stereocenters. The maximum absolute atomic E-state index is 12.2. The van der Waals surface area contributed by atoms with E-state index in [4.69, 9.17) is 0 Å². The summed E-state index contributed by atoms with van der Waals surface area (Å²) in [5, 5.41) is 6.35. The highest BCUT2D eigenvalue weighted by Gasteiger charge is 2.21. The number of carbonyl (C=O) groups excluding carboxylic acids is 1. The lowest BCUT2D eigenvalue weighted by Crippen LogP contribution is -2.37. The predicted octanol–water partition coefficient (Wildman–Crippen LogP) is 2.47. The predicted molar refractivity (Wildman–Crippen MR) is 95.6 cm³/mol. The SMILES string of the molecule is CSCCC(NC(=O)CNCC1CC1)c1nc2ccccc2[nH]1. The number of para-hydroxylation sites is 2. The molecular weight excluding hydrogens is 308 g/mol. The molecule has 3 N–H and O–H groups in total. The zero-order valence-corrected chi connectivity index (χ0v) is 14.3. The monoisotopic (exact) mass is 332 g/mol. The van der Waals surface area contributed by atoms with Crippen LogP contribution in [0.15, 0.2) is 24.3 Å². The number of nitrogens with one attached hydrogen (secondary N) is 3. The second kappa shape index (κ2) is 7.84. The molecule has 0 bridgehead atoms. The van der Waals surface area contributed by atoms with Gasteiger partial charge in [0.2, 0.25) is 5.91 Å². The molecule has 0 spiro atoms. The van der Waals surface area contributed by atoms with E-state index in [0.29, 0.717) is 6.54 Å². The summed E-state index contributed by atoms with van der Waals surface area (Å²) in [6.45, 7) is 1.33. The third-order valence-corrected chi connectivity index (χ3v) is 4.74. The molecule has 1 saturated carbocycles. The van der Waals surface area contributed by atoms with Gasteiger partial charge in [-0.3, -0.25) is 4.79 Å². The maximum Gasteiger partial charge on any atom is 0.234 e. The third-order valence-electron chi connectivity index (χ3n) is 4.10. The van der Waals surface area contributed by atoms with Crippen LogP contribution in [0.2, 0.25) is 0 Å². The normalized spacial score (nSPS) is 15.7. The molecule has 1 aliphatic rings. The zero-order valence-electron chi connectivity index (χ0n) is 13.5. The minimum atomic E-state index is -0.0647. The molecule has 1 aromatic carbocycles. The van der Waals surface area contributed by atoms with Gasteiger partial charge in [-0.2, -0.15) is 11.8 Å². The Hall–Kier alpha value is -1.53. The first-order valence-corrected chi connectivity index (χ1v) is 9.59. The van der Waals surface area contributed by atoms with Crippen molar-refractivity contribution in [1.29, 1.82) is 0 Å². The summed E-state index contributed by atoms with van der Waals surface area (Å²) in [6, 6.07) is 7.90. The van der Waals surface area contributed by atoms with Gasteiger partial charge in [0.25, 0.3) is 0 Å². The molecule has 1 heterocycles. The number of aromatic nitrogens is 2. The lowest BCUT2D eigenvalue weighted by atomic mass is 10.2. The number of hydrogen-bond donors (Lipinski definition) is 3. The van der Waals surface area contributed by atoms with Gasteiger partial charge < -0.3 is 15.6 Å². The van der Waals surface area contributed by atoms with Gasteiger partial charge in [-0.05, 0) is 55.9 Å². The Morgan fingerprint density at radius 3 is 3.00 bits per heavy atom. The number of carbonyl (C=O) groups is 1. The minimum Gasteiger partial charge on any atom is -0.345 e. The van der Waals surface area contributed by atoms with Crippen molar-refractivity contribution in [3.63, 3.8) is 0 Å². The van der Waals surface area contributed by atoms with E-state index in [0.717, 1.165) is 41.5 Å². The van der Waals surface area contributed by atoms with Gasteiger partial charge in [0.05, 0.1) is 23.6 Å². The van der Waals surface area contributed by atoms with E-state index in [-0.39, 0.29) is 11.9 Å². The van der Waals surface area contributed by atoms with Crippen LogP contribution in [0.1, 0.15) is 31.1 Å². The van der Waals surface area contributed by atoms with E-state index in [1.54, 1.807) is 11.8 Å². The number of rotatable bonds is 9. The Kier molecular flexibility index (Phi) is 5.56. The van der Waals surface area contributed by atoms with Crippen molar-refractivity contribution in [3.8, 4) is 0 Å². The van der Waals surface area contributed by atoms with E-state index in [2.05, 4.69) is 26.9 Å². The van der Waals surface area contributed by atoms with Crippen LogP contribution in [0.5, 0.6) is 0 Å². The molecule has 1 amide bonds. The Labute approximate surface area is 141 Å². The van der Waals surface area contributed by atoms with E-state index in [1.165, 1.54) is 12.8 Å². The molecule has 6 heteroatoms. The van der Waals surface area contributed by atoms with E-state index >= 15 is 0 Å². The van der Waals surface area contributed by atoms with Crippen molar-refractivity contribution in [3.05, 3.63) is 30.1 Å². The molecular formula is C17H24N4OS. The topological polar surface area (TPSA) is 69.8 Å². The van der Waals surface area contributed by atoms with Crippen LogP contribution in [0.3, 0.4) is 0 Å². The molecule has 2 aromatic rings. The molecule has 23 heavy (non-hydrogen) atoms. The summed E-state index contributed by atoms with van der Waals surface area (Å²) in [5.41, 5.74) is 1.95. The molecule has 1 unspecified atom stereocenters. The lowest BCUT2D eigenvalue weighted by Gasteiger charge is -2.16. The zero-order chi connectivity index (χ0) is 16.1. The molecule has 124 valence electrons. The molecule has 1 aromatic heterocycles. The number of imidazole rings is 1. The summed E-state index contributed by atoms with van der Waals surface area (Å²) in [5.74, 6) is 2.65. The number of nitrogens with zero attached hydrogens (tertiary/aromatic N) is 1. The first-order chi connectivity index (χ1) is 11.3. The Bertz CT molecular complexity index is 620. The van der Waals surface area contributed by atoms with Crippen molar-refractivity contribution in [1.82, 2.24) is 20.6 Å². The van der Waals surface area contributed by atoms with Crippen LogP contribution in [-0.4, -0.2) is 41.0 Å².